The van der Waals surface area contributed by atoms with Gasteiger partial charge in [-0.1, -0.05) is 67.6 Å². The Kier molecular flexibility index (Phi) is 10.6. The summed E-state index contributed by atoms with van der Waals surface area (Å²) in [6.07, 6.45) is 5.36. The summed E-state index contributed by atoms with van der Waals surface area (Å²) in [5, 5.41) is 3.67. The SMILES string of the molecule is CCC(C(=O)NC1CCCCC1)N(Cc1ccc(Cl)cc1)C(=O)CN(c1ccc(C)cc1)S(=O)(=O)c1ccc(F)cc1. The second kappa shape index (κ2) is 14.2. The van der Waals surface area contributed by atoms with Crippen LogP contribution < -0.4 is 9.62 Å². The Labute approximate surface area is 252 Å². The van der Waals surface area contributed by atoms with Gasteiger partial charge in [-0.3, -0.25) is 13.9 Å². The number of rotatable bonds is 11. The average molecular weight is 614 g/mol. The van der Waals surface area contributed by atoms with E-state index in [0.29, 0.717) is 11.4 Å². The summed E-state index contributed by atoms with van der Waals surface area (Å²) in [7, 11) is -4.26. The maximum Gasteiger partial charge on any atom is 0.264 e. The van der Waals surface area contributed by atoms with E-state index in [1.165, 1.54) is 17.0 Å². The van der Waals surface area contributed by atoms with E-state index in [2.05, 4.69) is 5.32 Å². The topological polar surface area (TPSA) is 86.8 Å². The molecule has 1 aliphatic carbocycles. The van der Waals surface area contributed by atoms with Crippen LogP contribution in [0.15, 0.2) is 77.7 Å². The van der Waals surface area contributed by atoms with Crippen LogP contribution >= 0.6 is 11.6 Å². The predicted octanol–water partition coefficient (Wildman–Crippen LogP) is 6.24. The smallest absolute Gasteiger partial charge is 0.264 e. The van der Waals surface area contributed by atoms with Crippen LogP contribution in [0.3, 0.4) is 0 Å². The number of sulfonamides is 1. The van der Waals surface area contributed by atoms with Gasteiger partial charge in [-0.05, 0) is 80.3 Å². The highest BCUT2D eigenvalue weighted by molar-refractivity contribution is 7.92. The van der Waals surface area contributed by atoms with E-state index in [1.54, 1.807) is 48.5 Å². The molecular formula is C32H37ClFN3O4S. The monoisotopic (exact) mass is 613 g/mol. The lowest BCUT2D eigenvalue weighted by Crippen LogP contribution is -2.54. The zero-order valence-electron chi connectivity index (χ0n) is 23.9. The molecule has 0 radical (unpaired) electrons. The van der Waals surface area contributed by atoms with Gasteiger partial charge in [-0.25, -0.2) is 12.8 Å². The van der Waals surface area contributed by atoms with Crippen molar-refractivity contribution in [1.29, 1.82) is 0 Å². The molecule has 10 heteroatoms. The van der Waals surface area contributed by atoms with Gasteiger partial charge in [0.15, 0.2) is 0 Å². The first kappa shape index (κ1) is 31.5. The van der Waals surface area contributed by atoms with Crippen LogP contribution in [-0.2, 0) is 26.2 Å². The number of hydrogen-bond donors (Lipinski definition) is 1. The predicted molar refractivity (Wildman–Crippen MR) is 163 cm³/mol. The highest BCUT2D eigenvalue weighted by Gasteiger charge is 2.34. The zero-order valence-corrected chi connectivity index (χ0v) is 25.5. The minimum Gasteiger partial charge on any atom is -0.352 e. The molecule has 0 heterocycles. The minimum atomic E-state index is -4.26. The number of anilines is 1. The van der Waals surface area contributed by atoms with Gasteiger partial charge in [0.2, 0.25) is 11.8 Å². The molecule has 3 aromatic carbocycles. The Morgan fingerprint density at radius 2 is 1.57 bits per heavy atom. The Morgan fingerprint density at radius 3 is 2.17 bits per heavy atom. The largest absolute Gasteiger partial charge is 0.352 e. The van der Waals surface area contributed by atoms with Crippen LogP contribution in [0.2, 0.25) is 5.02 Å². The van der Waals surface area contributed by atoms with Crippen molar-refractivity contribution in [2.45, 2.75) is 75.9 Å². The normalized spacial score (nSPS) is 14.7. The number of nitrogens with one attached hydrogen (secondary N) is 1. The standard InChI is InChI=1S/C32H37ClFN3O4S/c1-3-30(32(39)35-27-7-5-4-6-8-27)36(21-24-11-13-25(33)14-12-24)31(38)22-37(28-17-9-23(2)10-18-28)42(40,41)29-19-15-26(34)16-20-29/h9-20,27,30H,3-8,21-22H2,1-2H3,(H,35,39). The zero-order chi connectivity index (χ0) is 30.3. The van der Waals surface area contributed by atoms with Crippen LogP contribution in [0.25, 0.3) is 0 Å². The summed E-state index contributed by atoms with van der Waals surface area (Å²) in [6, 6.07) is 17.5. The number of hydrogen-bond acceptors (Lipinski definition) is 4. The number of amides is 2. The number of carbonyl (C=O) groups excluding carboxylic acids is 2. The van der Waals surface area contributed by atoms with Crippen LogP contribution in [0.1, 0.15) is 56.6 Å². The van der Waals surface area contributed by atoms with Crippen LogP contribution in [0.5, 0.6) is 0 Å². The van der Waals surface area contributed by atoms with Crippen molar-refractivity contribution in [3.05, 3.63) is 94.8 Å². The van der Waals surface area contributed by atoms with E-state index in [0.717, 1.165) is 59.7 Å². The second-order valence-corrected chi connectivity index (χ2v) is 13.0. The quantitative estimate of drug-likeness (QED) is 0.277. The number of nitrogens with zero attached hydrogens (tertiary/aromatic N) is 2. The molecule has 0 saturated heterocycles. The van der Waals surface area contributed by atoms with Crippen LogP contribution in [-0.4, -0.2) is 43.8 Å². The van der Waals surface area contributed by atoms with Gasteiger partial charge in [0.05, 0.1) is 10.6 Å². The van der Waals surface area contributed by atoms with Crippen molar-refractivity contribution in [2.24, 2.45) is 0 Å². The van der Waals surface area contributed by atoms with Crippen molar-refractivity contribution in [3.8, 4) is 0 Å². The molecule has 3 aromatic rings. The minimum absolute atomic E-state index is 0.0516. The van der Waals surface area contributed by atoms with E-state index < -0.39 is 34.3 Å². The molecule has 2 amide bonds. The molecule has 224 valence electrons. The Bertz CT molecular complexity index is 1460. The highest BCUT2D eigenvalue weighted by Crippen LogP contribution is 2.26. The molecule has 1 fully saturated rings. The summed E-state index contributed by atoms with van der Waals surface area (Å²) in [5.74, 6) is -1.37. The molecule has 0 spiro atoms. The molecular weight excluding hydrogens is 577 g/mol. The van der Waals surface area contributed by atoms with Crippen molar-refractivity contribution >= 4 is 39.1 Å². The molecule has 0 aromatic heterocycles. The number of carbonyl (C=O) groups is 2. The van der Waals surface area contributed by atoms with Crippen molar-refractivity contribution in [2.75, 3.05) is 10.8 Å². The van der Waals surface area contributed by atoms with E-state index in [9.17, 15) is 22.4 Å². The van der Waals surface area contributed by atoms with Gasteiger partial charge in [-0.15, -0.1) is 0 Å². The Morgan fingerprint density at radius 1 is 0.952 bits per heavy atom. The summed E-state index contributed by atoms with van der Waals surface area (Å²) in [5.41, 5.74) is 1.95. The summed E-state index contributed by atoms with van der Waals surface area (Å²) >= 11 is 6.08. The maximum absolute atomic E-state index is 14.1. The number of halogens is 2. The first-order chi connectivity index (χ1) is 20.1. The van der Waals surface area contributed by atoms with Crippen molar-refractivity contribution in [1.82, 2.24) is 10.2 Å². The molecule has 0 bridgehead atoms. The fourth-order valence-electron chi connectivity index (χ4n) is 5.22. The third-order valence-electron chi connectivity index (χ3n) is 7.61. The average Bonchev–Trinajstić information content (AvgIpc) is 2.98. The summed E-state index contributed by atoms with van der Waals surface area (Å²) < 4.78 is 42.4. The van der Waals surface area contributed by atoms with E-state index in [-0.39, 0.29) is 29.1 Å². The van der Waals surface area contributed by atoms with E-state index >= 15 is 0 Å². The van der Waals surface area contributed by atoms with Crippen LogP contribution in [0.4, 0.5) is 10.1 Å². The van der Waals surface area contributed by atoms with Gasteiger partial charge in [0.25, 0.3) is 10.0 Å². The van der Waals surface area contributed by atoms with Gasteiger partial charge in [-0.2, -0.15) is 0 Å². The molecule has 1 aliphatic rings. The molecule has 1 unspecified atom stereocenters. The molecule has 1 N–H and O–H groups in total. The molecule has 0 aliphatic heterocycles. The molecule has 42 heavy (non-hydrogen) atoms. The van der Waals surface area contributed by atoms with Crippen LogP contribution in [0, 0.1) is 12.7 Å². The highest BCUT2D eigenvalue weighted by atomic mass is 35.5. The molecule has 7 nitrogen and oxygen atoms in total. The van der Waals surface area contributed by atoms with E-state index in [1.807, 2.05) is 13.8 Å². The summed E-state index contributed by atoms with van der Waals surface area (Å²) in [6.45, 7) is 3.24. The lowest BCUT2D eigenvalue weighted by Gasteiger charge is -2.34. The second-order valence-electron chi connectivity index (χ2n) is 10.7. The fourth-order valence-corrected chi connectivity index (χ4v) is 6.76. The summed E-state index contributed by atoms with van der Waals surface area (Å²) in [4.78, 5) is 29.0. The Hall–Kier alpha value is -3.43. The van der Waals surface area contributed by atoms with Crippen molar-refractivity contribution < 1.29 is 22.4 Å². The first-order valence-corrected chi connectivity index (χ1v) is 16.1. The van der Waals surface area contributed by atoms with Crippen molar-refractivity contribution in [3.63, 3.8) is 0 Å². The maximum atomic E-state index is 14.1. The third kappa shape index (κ3) is 7.89. The number of benzene rings is 3. The lowest BCUT2D eigenvalue weighted by molar-refractivity contribution is -0.140. The third-order valence-corrected chi connectivity index (χ3v) is 9.65. The van der Waals surface area contributed by atoms with E-state index in [4.69, 9.17) is 11.6 Å². The van der Waals surface area contributed by atoms with Gasteiger partial charge in [0, 0.05) is 17.6 Å². The first-order valence-electron chi connectivity index (χ1n) is 14.3. The van der Waals surface area contributed by atoms with Gasteiger partial charge >= 0.3 is 0 Å². The molecule has 4 rings (SSSR count). The fraction of sp³-hybridized carbons (Fsp3) is 0.375. The molecule has 1 atom stereocenters. The van der Waals surface area contributed by atoms with Gasteiger partial charge in [0.1, 0.15) is 18.4 Å². The lowest BCUT2D eigenvalue weighted by atomic mass is 9.95. The van der Waals surface area contributed by atoms with Gasteiger partial charge < -0.3 is 10.2 Å². The number of aryl methyl sites for hydroxylation is 1. The molecule has 1 saturated carbocycles. The Balaban J connectivity index is 1.69.